The molecular formula is C60H88N14O7. The molecule has 2 atom stereocenters. The lowest BCUT2D eigenvalue weighted by Crippen LogP contribution is -2.46. The van der Waals surface area contributed by atoms with Crippen LogP contribution in [0, 0.1) is 10.8 Å². The molecule has 4 fully saturated rings. The molecule has 4 aliphatic heterocycles. The summed E-state index contributed by atoms with van der Waals surface area (Å²) in [4.78, 5) is 82.6. The molecule has 440 valence electrons. The number of carboxylic acids is 1. The molecule has 0 spiro atoms. The maximum absolute atomic E-state index is 13.5. The zero-order chi connectivity index (χ0) is 58.2. The summed E-state index contributed by atoms with van der Waals surface area (Å²) in [5, 5.41) is 18.9. The molecule has 2 saturated heterocycles. The minimum atomic E-state index is -1.03. The van der Waals surface area contributed by atoms with E-state index in [-0.39, 0.29) is 29.3 Å². The van der Waals surface area contributed by atoms with Crippen molar-refractivity contribution in [3.8, 4) is 11.5 Å². The number of methoxy groups -OCH3 is 2. The molecule has 2 aromatic carbocycles. The fourth-order valence-electron chi connectivity index (χ4n) is 11.9. The Morgan fingerprint density at radius 2 is 1.05 bits per heavy atom. The van der Waals surface area contributed by atoms with E-state index in [0.717, 1.165) is 81.8 Å². The van der Waals surface area contributed by atoms with Crippen molar-refractivity contribution in [1.82, 2.24) is 35.1 Å². The molecule has 2 saturated carbocycles. The molecule has 3 amide bonds. The van der Waals surface area contributed by atoms with Crippen molar-refractivity contribution >= 4 is 70.0 Å². The van der Waals surface area contributed by atoms with E-state index in [1.807, 2.05) is 20.0 Å². The number of aromatic carboxylic acids is 1. The third-order valence-electron chi connectivity index (χ3n) is 17.8. The maximum atomic E-state index is 13.5. The molecule has 81 heavy (non-hydrogen) atoms. The van der Waals surface area contributed by atoms with Gasteiger partial charge in [0.05, 0.1) is 54.4 Å². The molecule has 21 nitrogen and oxygen atoms in total. The van der Waals surface area contributed by atoms with Crippen molar-refractivity contribution in [2.45, 2.75) is 142 Å². The average Bonchev–Trinajstić information content (AvgIpc) is 4.43. The fraction of sp³-hybridized carbons (Fsp3) is 0.600. The Morgan fingerprint density at radius 1 is 0.642 bits per heavy atom. The van der Waals surface area contributed by atoms with Crippen LogP contribution in [0.2, 0.25) is 0 Å². The van der Waals surface area contributed by atoms with Gasteiger partial charge in [0.2, 0.25) is 23.7 Å². The predicted molar refractivity (Wildman–Crippen MR) is 319 cm³/mol. The first-order valence-electron chi connectivity index (χ1n) is 29.2. The summed E-state index contributed by atoms with van der Waals surface area (Å²) >= 11 is 0. The molecule has 2 aliphatic carbocycles. The van der Waals surface area contributed by atoms with Gasteiger partial charge in [-0.15, -0.1) is 0 Å². The third-order valence-corrected chi connectivity index (χ3v) is 17.8. The number of benzene rings is 2. The zero-order valence-corrected chi connectivity index (χ0v) is 49.5. The van der Waals surface area contributed by atoms with Gasteiger partial charge in [-0.05, 0) is 155 Å². The van der Waals surface area contributed by atoms with Gasteiger partial charge in [-0.3, -0.25) is 14.4 Å². The topological polar surface area (TPSA) is 240 Å². The Balaban J connectivity index is 0.000000189. The summed E-state index contributed by atoms with van der Waals surface area (Å²) in [5.74, 6) is 2.26. The number of likely N-dealkylation sites (tertiary alicyclic amines) is 2. The van der Waals surface area contributed by atoms with Crippen LogP contribution in [0.5, 0.6) is 11.5 Å². The average molecular weight is 1120 g/mol. The molecule has 2 aromatic heterocycles. The Bertz CT molecular complexity index is 2840. The lowest BCUT2D eigenvalue weighted by Gasteiger charge is -2.35. The smallest absolute Gasteiger partial charge is 0.335 e. The summed E-state index contributed by atoms with van der Waals surface area (Å²) in [7, 11) is 10.9. The minimum Gasteiger partial charge on any atom is -0.495 e. The molecule has 0 unspecified atom stereocenters. The van der Waals surface area contributed by atoms with E-state index in [1.54, 1.807) is 54.6 Å². The first-order chi connectivity index (χ1) is 38.8. The van der Waals surface area contributed by atoms with Gasteiger partial charge < -0.3 is 65.7 Å². The van der Waals surface area contributed by atoms with Crippen molar-refractivity contribution in [3.63, 3.8) is 0 Å². The lowest BCUT2D eigenvalue weighted by atomic mass is 9.85. The number of aromatic nitrogens is 4. The highest BCUT2D eigenvalue weighted by Gasteiger charge is 2.45. The number of fused-ring (bicyclic) bond motifs is 2. The number of ether oxygens (including phenoxy) is 2. The number of rotatable bonds is 13. The van der Waals surface area contributed by atoms with Crippen LogP contribution >= 0.6 is 0 Å². The SMILES string of the molecule is CC[C@@]1(C)CN(C2CCCC2)c2nc(Nc3ccc(C(=O)NC4CCN(C)CC4)cc3OC)ncc2N(C)C1=O.CC[C@@]1(C)CN(C2CCCC2)c2nc(Nc3ccc(C(=O)O)cc3OC)ncc2N(C)C1=O.CN1CCC(N)CC1. The molecular weight excluding hydrogens is 1030 g/mol. The van der Waals surface area contributed by atoms with Crippen LogP contribution in [-0.4, -0.2) is 164 Å². The quantitative estimate of drug-likeness (QED) is 0.0846. The second-order valence-corrected chi connectivity index (χ2v) is 23.6. The van der Waals surface area contributed by atoms with Crippen LogP contribution in [0.4, 0.5) is 46.3 Å². The van der Waals surface area contributed by atoms with Crippen molar-refractivity contribution in [2.75, 3.05) is 112 Å². The molecule has 6 N–H and O–H groups in total. The second kappa shape index (κ2) is 26.4. The molecule has 10 rings (SSSR count). The van der Waals surface area contributed by atoms with Gasteiger partial charge in [-0.1, -0.05) is 39.5 Å². The number of amides is 3. The summed E-state index contributed by atoms with van der Waals surface area (Å²) in [6.07, 6.45) is 18.2. The van der Waals surface area contributed by atoms with Crippen LogP contribution < -0.4 is 50.8 Å². The van der Waals surface area contributed by atoms with Gasteiger partial charge in [0.25, 0.3) is 5.91 Å². The number of nitrogens with zero attached hydrogens (tertiary/aromatic N) is 10. The van der Waals surface area contributed by atoms with E-state index in [1.165, 1.54) is 70.9 Å². The van der Waals surface area contributed by atoms with Crippen LogP contribution in [0.25, 0.3) is 0 Å². The van der Waals surface area contributed by atoms with Gasteiger partial charge in [0.15, 0.2) is 11.6 Å². The Morgan fingerprint density at radius 3 is 1.44 bits per heavy atom. The van der Waals surface area contributed by atoms with Gasteiger partial charge in [-0.2, -0.15) is 9.97 Å². The first kappa shape index (κ1) is 60.3. The number of carbonyl (C=O) groups excluding carboxylic acids is 3. The molecule has 6 aliphatic rings. The number of hydrogen-bond acceptors (Lipinski definition) is 17. The standard InChI is InChI=1S/C30H43N7O3.C24H31N5O4.C6H14N2/c1-6-30(2)19-37(22-9-7-8-10-22)26-24(36(4)28(30)39)18-31-29(34-26)33-23-12-11-20(17-25(23)40-5)27(38)32-21-13-15-35(3)16-14-21;1-5-24(2)14-29(16-8-6-7-9-16)20-18(28(3)22(24)32)13-25-23(27-20)26-17-11-10-15(21(30)31)12-19(17)33-4;1-8-4-2-6(7)3-5-8/h11-12,17-18,21-22H,6-10,13-16,19H2,1-5H3,(H,32,38)(H,31,33,34);10-13,16H,5-9,14H2,1-4H3,(H,30,31)(H,25,26,27);6H,2-5,7H2,1H3/t30-;24-;/m00./s1. The first-order valence-corrected chi connectivity index (χ1v) is 29.2. The second-order valence-electron chi connectivity index (χ2n) is 23.6. The van der Waals surface area contributed by atoms with E-state index in [9.17, 15) is 24.3 Å². The van der Waals surface area contributed by atoms with Gasteiger partial charge in [0.1, 0.15) is 22.9 Å². The monoisotopic (exact) mass is 1120 g/mol. The molecule has 21 heteroatoms. The summed E-state index contributed by atoms with van der Waals surface area (Å²) in [6, 6.07) is 11.3. The molecule has 0 radical (unpaired) electrons. The third kappa shape index (κ3) is 13.9. The minimum absolute atomic E-state index is 0.0713. The van der Waals surface area contributed by atoms with E-state index in [0.29, 0.717) is 77.2 Å². The van der Waals surface area contributed by atoms with Crippen molar-refractivity contribution in [3.05, 3.63) is 59.9 Å². The predicted octanol–water partition coefficient (Wildman–Crippen LogP) is 8.30. The number of piperidine rings is 2. The van der Waals surface area contributed by atoms with Crippen LogP contribution in [0.3, 0.4) is 0 Å². The van der Waals surface area contributed by atoms with Crippen LogP contribution in [-0.2, 0) is 9.59 Å². The van der Waals surface area contributed by atoms with Crippen LogP contribution in [0.15, 0.2) is 48.8 Å². The molecule has 4 aromatic rings. The number of nitrogens with two attached hydrogens (primary N) is 1. The maximum Gasteiger partial charge on any atom is 0.335 e. The van der Waals surface area contributed by atoms with Crippen molar-refractivity contribution in [2.24, 2.45) is 16.6 Å². The van der Waals surface area contributed by atoms with Crippen molar-refractivity contribution in [1.29, 1.82) is 0 Å². The lowest BCUT2D eigenvalue weighted by molar-refractivity contribution is -0.127. The van der Waals surface area contributed by atoms with E-state index < -0.39 is 16.8 Å². The number of anilines is 8. The van der Waals surface area contributed by atoms with Crippen LogP contribution in [0.1, 0.15) is 138 Å². The highest BCUT2D eigenvalue weighted by Crippen LogP contribution is 2.44. The highest BCUT2D eigenvalue weighted by molar-refractivity contribution is 6.02. The Kier molecular flexibility index (Phi) is 19.6. The van der Waals surface area contributed by atoms with Gasteiger partial charge in [-0.25, -0.2) is 14.8 Å². The molecule has 6 heterocycles. The van der Waals surface area contributed by atoms with E-state index >= 15 is 0 Å². The van der Waals surface area contributed by atoms with Crippen molar-refractivity contribution < 1.29 is 33.8 Å². The molecule has 0 bridgehead atoms. The summed E-state index contributed by atoms with van der Waals surface area (Å²) < 4.78 is 11.0. The summed E-state index contributed by atoms with van der Waals surface area (Å²) in [6.45, 7) is 13.8. The number of carboxylic acid groups (broad SMARTS) is 1. The largest absolute Gasteiger partial charge is 0.495 e. The highest BCUT2D eigenvalue weighted by atomic mass is 16.5. The van der Waals surface area contributed by atoms with E-state index in [4.69, 9.17) is 25.2 Å². The zero-order valence-electron chi connectivity index (χ0n) is 49.5. The fourth-order valence-corrected chi connectivity index (χ4v) is 11.9. The van der Waals surface area contributed by atoms with E-state index in [2.05, 4.69) is 80.4 Å². The Hall–Kier alpha value is -6.84. The number of carbonyl (C=O) groups is 4. The normalized spacial score (nSPS) is 22.4. The van der Waals surface area contributed by atoms with Gasteiger partial charge >= 0.3 is 5.97 Å². The number of nitrogens with one attached hydrogen (secondary N) is 3. The summed E-state index contributed by atoms with van der Waals surface area (Å²) in [5.41, 5.74) is 8.00. The number of hydrogen-bond donors (Lipinski definition) is 5. The Labute approximate surface area is 478 Å². The van der Waals surface area contributed by atoms with Gasteiger partial charge in [0, 0.05) is 56.9 Å².